The number of aromatic nitrogens is 5. The molecule has 1 amide bonds. The number of pyridine rings is 1. The van der Waals surface area contributed by atoms with Crippen molar-refractivity contribution in [3.05, 3.63) is 125 Å². The molecule has 0 spiro atoms. The van der Waals surface area contributed by atoms with Crippen LogP contribution in [0.25, 0.3) is 16.7 Å². The zero-order valence-corrected chi connectivity index (χ0v) is 31.2. The van der Waals surface area contributed by atoms with Crippen molar-refractivity contribution in [1.82, 2.24) is 24.7 Å². The molecule has 1 N–H and O–H groups in total. The Balaban J connectivity index is 1.24. The number of nitriles is 1. The molecule has 0 bridgehead atoms. The summed E-state index contributed by atoms with van der Waals surface area (Å²) in [6.45, 7) is 6.91. The van der Waals surface area contributed by atoms with E-state index in [2.05, 4.69) is 70.4 Å². The normalized spacial score (nSPS) is 12.3. The van der Waals surface area contributed by atoms with Crippen molar-refractivity contribution in [2.45, 2.75) is 31.9 Å². The number of carbonyl (C=O) groups excluding carboxylic acids is 1. The number of carbonyl (C=O) groups is 1. The van der Waals surface area contributed by atoms with Gasteiger partial charge in [0, 0.05) is 6.20 Å². The van der Waals surface area contributed by atoms with E-state index in [-0.39, 0.29) is 36.6 Å². The predicted molar refractivity (Wildman–Crippen MR) is 203 cm³/mol. The molecule has 0 saturated heterocycles. The third-order valence-electron chi connectivity index (χ3n) is 8.41. The predicted octanol–water partition coefficient (Wildman–Crippen LogP) is 6.37. The molecule has 6 rings (SSSR count). The van der Waals surface area contributed by atoms with Gasteiger partial charge in [-0.25, -0.2) is 19.6 Å². The number of rotatable bonds is 13. The third kappa shape index (κ3) is 7.69. The summed E-state index contributed by atoms with van der Waals surface area (Å²) in [4.78, 5) is 26.6. The molecule has 264 valence electrons. The van der Waals surface area contributed by atoms with E-state index in [4.69, 9.17) is 42.4 Å². The number of benzene rings is 3. The lowest BCUT2D eigenvalue weighted by atomic mass is 10.2. The van der Waals surface area contributed by atoms with Crippen LogP contribution in [-0.4, -0.2) is 64.9 Å². The summed E-state index contributed by atoms with van der Waals surface area (Å²) < 4.78 is 20.8. The highest BCUT2D eigenvalue weighted by Crippen LogP contribution is 2.37. The SMILES string of the molecule is CC(C)(C)[Si](OCCOC[C@H](Oc1ncnc2c1cnn2-c1cccc(Cl)c1Cl)C(=O)Nc1ccc(C#N)cn1)(c1ccccc1)c1ccccc1. The second-order valence-corrected chi connectivity index (χ2v) is 17.9. The van der Waals surface area contributed by atoms with Gasteiger partial charge in [-0.15, -0.1) is 0 Å². The van der Waals surface area contributed by atoms with E-state index in [0.29, 0.717) is 32.3 Å². The van der Waals surface area contributed by atoms with Gasteiger partial charge in [-0.05, 0) is 39.7 Å². The van der Waals surface area contributed by atoms with Crippen LogP contribution in [0.1, 0.15) is 26.3 Å². The van der Waals surface area contributed by atoms with Crippen molar-refractivity contribution in [3.63, 3.8) is 0 Å². The van der Waals surface area contributed by atoms with Crippen LogP contribution in [-0.2, 0) is 14.0 Å². The van der Waals surface area contributed by atoms with Crippen LogP contribution in [0.3, 0.4) is 0 Å². The van der Waals surface area contributed by atoms with E-state index >= 15 is 0 Å². The van der Waals surface area contributed by atoms with Gasteiger partial charge in [0.2, 0.25) is 12.0 Å². The maximum Gasteiger partial charge on any atom is 0.269 e. The summed E-state index contributed by atoms with van der Waals surface area (Å²) in [6.07, 6.45) is 3.02. The van der Waals surface area contributed by atoms with Crippen molar-refractivity contribution < 1.29 is 18.7 Å². The number of nitrogens with zero attached hydrogens (tertiary/aromatic N) is 6. The quantitative estimate of drug-likeness (QED) is 0.105. The van der Waals surface area contributed by atoms with Gasteiger partial charge in [0.1, 0.15) is 23.6 Å². The molecule has 0 radical (unpaired) electrons. The molecule has 3 heterocycles. The fourth-order valence-electron chi connectivity index (χ4n) is 5.99. The van der Waals surface area contributed by atoms with Gasteiger partial charge in [-0.1, -0.05) is 111 Å². The first-order valence-electron chi connectivity index (χ1n) is 16.4. The molecular weight excluding hydrogens is 717 g/mol. The second kappa shape index (κ2) is 16.0. The minimum Gasteiger partial charge on any atom is -0.461 e. The van der Waals surface area contributed by atoms with Crippen LogP contribution < -0.4 is 20.4 Å². The van der Waals surface area contributed by atoms with Crippen molar-refractivity contribution in [2.75, 3.05) is 25.1 Å². The highest BCUT2D eigenvalue weighted by atomic mass is 35.5. The van der Waals surface area contributed by atoms with Crippen LogP contribution in [0.2, 0.25) is 15.1 Å². The second-order valence-electron chi connectivity index (χ2n) is 12.8. The molecule has 14 heteroatoms. The van der Waals surface area contributed by atoms with Crippen LogP contribution in [0.4, 0.5) is 5.82 Å². The van der Waals surface area contributed by atoms with Gasteiger partial charge in [0.05, 0.1) is 47.3 Å². The maximum absolute atomic E-state index is 13.7. The van der Waals surface area contributed by atoms with Crippen molar-refractivity contribution >= 4 is 64.7 Å². The van der Waals surface area contributed by atoms with Crippen molar-refractivity contribution in [2.24, 2.45) is 0 Å². The van der Waals surface area contributed by atoms with Crippen LogP contribution in [0.15, 0.2) is 110 Å². The molecule has 0 aliphatic heterocycles. The molecule has 3 aromatic carbocycles. The molecule has 0 saturated carbocycles. The number of nitrogens with one attached hydrogen (secondary N) is 1. The molecule has 6 aromatic rings. The van der Waals surface area contributed by atoms with Gasteiger partial charge in [-0.3, -0.25) is 4.79 Å². The van der Waals surface area contributed by atoms with E-state index in [9.17, 15) is 4.79 Å². The largest absolute Gasteiger partial charge is 0.461 e. The monoisotopic (exact) mass is 751 g/mol. The molecule has 52 heavy (non-hydrogen) atoms. The number of amides is 1. The molecular formula is C38H35Cl2N7O4Si. The molecule has 0 fully saturated rings. The molecule has 0 unspecified atom stereocenters. The fourth-order valence-corrected chi connectivity index (χ4v) is 10.9. The Kier molecular flexibility index (Phi) is 11.3. The third-order valence-corrected chi connectivity index (χ3v) is 14.3. The Bertz CT molecular complexity index is 2150. The average Bonchev–Trinajstić information content (AvgIpc) is 3.59. The number of hydrogen-bond donors (Lipinski definition) is 1. The first-order chi connectivity index (χ1) is 25.1. The van der Waals surface area contributed by atoms with Gasteiger partial charge in [0.15, 0.2) is 5.65 Å². The number of anilines is 1. The standard InChI is InChI=1S/C38H35Cl2N7O4Si/c1-38(2,3)52(27-11-6-4-7-12-27,28-13-8-5-9-14-28)50-20-19-49-24-32(36(48)46-33-18-17-26(21-41)22-42-33)51-37-29-23-45-47(35(29)43-25-44-37)31-16-10-15-30(39)34(31)40/h4-18,22-23,25,32H,19-20,24H2,1-3H3,(H,42,46,48)/t32-/m0/s1. The van der Waals surface area contributed by atoms with E-state index in [0.717, 1.165) is 10.4 Å². The van der Waals surface area contributed by atoms with Gasteiger partial charge >= 0.3 is 0 Å². The average molecular weight is 753 g/mol. The van der Waals surface area contributed by atoms with Crippen LogP contribution in [0.5, 0.6) is 5.88 Å². The van der Waals surface area contributed by atoms with Gasteiger partial charge < -0.3 is 19.2 Å². The minimum absolute atomic E-state index is 0.106. The topological polar surface area (TPSA) is 137 Å². The Hall–Kier alpha value is -5.16. The Labute approximate surface area is 312 Å². The highest BCUT2D eigenvalue weighted by Gasteiger charge is 2.50. The zero-order chi connectivity index (χ0) is 36.7. The van der Waals surface area contributed by atoms with Crippen molar-refractivity contribution in [1.29, 1.82) is 5.26 Å². The summed E-state index contributed by atoms with van der Waals surface area (Å²) in [5.41, 5.74) is 1.26. The molecule has 11 nitrogen and oxygen atoms in total. The summed E-state index contributed by atoms with van der Waals surface area (Å²) in [6, 6.07) is 30.9. The Morgan fingerprint density at radius 2 is 1.62 bits per heavy atom. The van der Waals surface area contributed by atoms with E-state index in [1.807, 2.05) is 42.5 Å². The van der Waals surface area contributed by atoms with Crippen LogP contribution in [0, 0.1) is 11.3 Å². The van der Waals surface area contributed by atoms with E-state index < -0.39 is 20.3 Å². The fraction of sp³-hybridized carbons (Fsp3) is 0.211. The van der Waals surface area contributed by atoms with E-state index in [1.165, 1.54) is 29.5 Å². The number of ether oxygens (including phenoxy) is 2. The summed E-state index contributed by atoms with van der Waals surface area (Å²) >= 11 is 12.7. The first-order valence-corrected chi connectivity index (χ1v) is 19.1. The Morgan fingerprint density at radius 3 is 2.25 bits per heavy atom. The van der Waals surface area contributed by atoms with E-state index in [1.54, 1.807) is 24.3 Å². The lowest BCUT2D eigenvalue weighted by Crippen LogP contribution is -2.66. The van der Waals surface area contributed by atoms with Crippen LogP contribution >= 0.6 is 23.2 Å². The Morgan fingerprint density at radius 1 is 0.904 bits per heavy atom. The van der Waals surface area contributed by atoms with Gasteiger partial charge in [-0.2, -0.15) is 10.4 Å². The lowest BCUT2D eigenvalue weighted by Gasteiger charge is -2.43. The summed E-state index contributed by atoms with van der Waals surface area (Å²) in [7, 11) is -2.80. The number of hydrogen-bond acceptors (Lipinski definition) is 9. The molecule has 3 aromatic heterocycles. The highest BCUT2D eigenvalue weighted by molar-refractivity contribution is 6.99. The molecule has 0 aliphatic carbocycles. The molecule has 1 atom stereocenters. The number of fused-ring (bicyclic) bond motifs is 1. The zero-order valence-electron chi connectivity index (χ0n) is 28.7. The summed E-state index contributed by atoms with van der Waals surface area (Å²) in [5, 5.41) is 19.5. The smallest absolute Gasteiger partial charge is 0.269 e. The van der Waals surface area contributed by atoms with Gasteiger partial charge in [0.25, 0.3) is 14.2 Å². The molecule has 0 aliphatic rings. The van der Waals surface area contributed by atoms with Crippen molar-refractivity contribution in [3.8, 4) is 17.6 Å². The maximum atomic E-state index is 13.7. The summed E-state index contributed by atoms with van der Waals surface area (Å²) in [5.74, 6) is -0.194. The first kappa shape index (κ1) is 36.6. The number of halogens is 2. The lowest BCUT2D eigenvalue weighted by molar-refractivity contribution is -0.125. The minimum atomic E-state index is -2.80.